The molecule has 1 aliphatic rings. The molecule has 0 aliphatic heterocycles. The van der Waals surface area contributed by atoms with Crippen LogP contribution in [0.1, 0.15) is 70.3 Å². The first kappa shape index (κ1) is 31.6. The lowest BCUT2D eigenvalue weighted by molar-refractivity contribution is 0.726. The van der Waals surface area contributed by atoms with Crippen molar-refractivity contribution in [3.8, 4) is 23.9 Å². The predicted molar refractivity (Wildman–Crippen MR) is 206 cm³/mol. The standard InChI is InChI=1S/C46H35N5/c1-3-9-43-30(2)39-12-4-6-14-44(39)50(43)29-36-18-16-31(26-47)22-41(36)35-11-8-10-34(24-35)37-20-33(28-49)21-38(25-37)51-45-15-7-5-13-40(45)42-23-32(27-48)17-19-46(42)51/h4-8,10,12-25,35H,3,9,11,29H2,1-2H3. The molecule has 7 aromatic rings. The Balaban J connectivity index is 1.24. The molecule has 0 saturated carbocycles. The Kier molecular flexibility index (Phi) is 8.08. The molecule has 1 aliphatic carbocycles. The van der Waals surface area contributed by atoms with Crippen LogP contribution in [-0.2, 0) is 13.0 Å². The van der Waals surface area contributed by atoms with Crippen molar-refractivity contribution in [2.45, 2.75) is 45.6 Å². The van der Waals surface area contributed by atoms with Crippen molar-refractivity contribution in [2.24, 2.45) is 0 Å². The van der Waals surface area contributed by atoms with E-state index in [9.17, 15) is 15.8 Å². The van der Waals surface area contributed by atoms with Crippen molar-refractivity contribution in [1.29, 1.82) is 15.8 Å². The van der Waals surface area contributed by atoms with Crippen LogP contribution in [-0.4, -0.2) is 9.13 Å². The number of nitrogens with zero attached hydrogens (tertiary/aromatic N) is 5. The lowest BCUT2D eigenvalue weighted by Gasteiger charge is -2.22. The zero-order valence-electron chi connectivity index (χ0n) is 28.7. The topological polar surface area (TPSA) is 81.2 Å². The average molecular weight is 658 g/mol. The van der Waals surface area contributed by atoms with Crippen LogP contribution >= 0.6 is 0 Å². The van der Waals surface area contributed by atoms with Crippen LogP contribution < -0.4 is 0 Å². The molecule has 1 atom stereocenters. The molecule has 0 saturated heterocycles. The fraction of sp³-hybridized carbons (Fsp3) is 0.152. The fourth-order valence-electron chi connectivity index (χ4n) is 7.98. The first-order chi connectivity index (χ1) is 25.0. The van der Waals surface area contributed by atoms with E-state index in [1.165, 1.54) is 27.7 Å². The number of fused-ring (bicyclic) bond motifs is 4. The molecule has 244 valence electrons. The van der Waals surface area contributed by atoms with Crippen molar-refractivity contribution >= 4 is 38.3 Å². The molecule has 0 fully saturated rings. The van der Waals surface area contributed by atoms with Gasteiger partial charge >= 0.3 is 0 Å². The summed E-state index contributed by atoms with van der Waals surface area (Å²) in [6.45, 7) is 5.19. The molecule has 2 heterocycles. The van der Waals surface area contributed by atoms with E-state index in [-0.39, 0.29) is 5.92 Å². The van der Waals surface area contributed by atoms with Crippen LogP contribution in [0.15, 0.2) is 121 Å². The molecule has 0 amide bonds. The molecule has 5 nitrogen and oxygen atoms in total. The summed E-state index contributed by atoms with van der Waals surface area (Å²) in [5, 5.41) is 33.1. The van der Waals surface area contributed by atoms with Crippen molar-refractivity contribution < 1.29 is 0 Å². The molecule has 0 radical (unpaired) electrons. The van der Waals surface area contributed by atoms with E-state index in [4.69, 9.17) is 0 Å². The zero-order valence-corrected chi connectivity index (χ0v) is 28.7. The molecule has 5 aromatic carbocycles. The first-order valence-electron chi connectivity index (χ1n) is 17.5. The summed E-state index contributed by atoms with van der Waals surface area (Å²) in [7, 11) is 0. The minimum atomic E-state index is 0.0534. The number of hydrogen-bond donors (Lipinski definition) is 0. The Hall–Kier alpha value is -6.61. The second-order valence-corrected chi connectivity index (χ2v) is 13.4. The van der Waals surface area contributed by atoms with Crippen LogP contribution in [0, 0.1) is 40.9 Å². The van der Waals surface area contributed by atoms with Gasteiger partial charge in [-0.3, -0.25) is 0 Å². The monoisotopic (exact) mass is 657 g/mol. The van der Waals surface area contributed by atoms with Gasteiger partial charge in [0.05, 0.1) is 45.9 Å². The molecular formula is C46H35N5. The predicted octanol–water partition coefficient (Wildman–Crippen LogP) is 10.8. The highest BCUT2D eigenvalue weighted by Crippen LogP contribution is 2.38. The number of benzene rings is 5. The summed E-state index contributed by atoms with van der Waals surface area (Å²) in [5.41, 5.74) is 13.0. The molecule has 0 spiro atoms. The quantitative estimate of drug-likeness (QED) is 0.171. The van der Waals surface area contributed by atoms with Gasteiger partial charge in [-0.1, -0.05) is 74.0 Å². The summed E-state index contributed by atoms with van der Waals surface area (Å²) in [4.78, 5) is 0. The number of nitriles is 3. The normalized spacial score (nSPS) is 14.0. The van der Waals surface area contributed by atoms with Gasteiger partial charge in [-0.15, -0.1) is 0 Å². The maximum absolute atomic E-state index is 10.2. The Bertz CT molecular complexity index is 2710. The zero-order chi connectivity index (χ0) is 35.1. The molecular weight excluding hydrogens is 623 g/mol. The van der Waals surface area contributed by atoms with E-state index in [2.05, 4.69) is 114 Å². The molecule has 1 unspecified atom stereocenters. The van der Waals surface area contributed by atoms with Crippen molar-refractivity contribution in [2.75, 3.05) is 0 Å². The van der Waals surface area contributed by atoms with Crippen LogP contribution in [0.2, 0.25) is 0 Å². The SMILES string of the molecule is CCCc1c(C)c2ccccc2n1Cc1ccc(C#N)cc1C1C=C(c2cc(C#N)cc(-n3c4ccccc4c4cc(C#N)ccc43)c2)C=CC1. The highest BCUT2D eigenvalue weighted by atomic mass is 15.0. The smallest absolute Gasteiger partial charge is 0.0992 e. The van der Waals surface area contributed by atoms with Crippen LogP contribution in [0.4, 0.5) is 0 Å². The second kappa shape index (κ2) is 13.0. The summed E-state index contributed by atoms with van der Waals surface area (Å²) in [5.74, 6) is 0.0534. The molecule has 8 rings (SSSR count). The minimum absolute atomic E-state index is 0.0534. The number of aromatic nitrogens is 2. The van der Waals surface area contributed by atoms with E-state index in [0.29, 0.717) is 16.7 Å². The fourth-order valence-corrected chi connectivity index (χ4v) is 7.98. The Labute approximate surface area is 297 Å². The summed E-state index contributed by atoms with van der Waals surface area (Å²) >= 11 is 0. The van der Waals surface area contributed by atoms with Gasteiger partial charge in [0.15, 0.2) is 0 Å². The molecule has 0 N–H and O–H groups in total. The van der Waals surface area contributed by atoms with Gasteiger partial charge in [0.2, 0.25) is 0 Å². The maximum atomic E-state index is 10.2. The second-order valence-electron chi connectivity index (χ2n) is 13.4. The van der Waals surface area contributed by atoms with E-state index in [1.807, 2.05) is 48.5 Å². The summed E-state index contributed by atoms with van der Waals surface area (Å²) in [6.07, 6.45) is 9.55. The number of hydrogen-bond acceptors (Lipinski definition) is 3. The van der Waals surface area contributed by atoms with E-state index < -0.39 is 0 Å². The third-order valence-electron chi connectivity index (χ3n) is 10.4. The van der Waals surface area contributed by atoms with Gasteiger partial charge < -0.3 is 9.13 Å². The van der Waals surface area contributed by atoms with Gasteiger partial charge in [0, 0.05) is 45.5 Å². The molecule has 2 aromatic heterocycles. The largest absolute Gasteiger partial charge is 0.340 e. The Morgan fingerprint density at radius 3 is 2.20 bits per heavy atom. The molecule has 5 heteroatoms. The molecule has 51 heavy (non-hydrogen) atoms. The summed E-state index contributed by atoms with van der Waals surface area (Å²) in [6, 6.07) is 41.9. The van der Waals surface area contributed by atoms with E-state index in [1.54, 1.807) is 0 Å². The van der Waals surface area contributed by atoms with Crippen molar-refractivity contribution in [3.63, 3.8) is 0 Å². The third-order valence-corrected chi connectivity index (χ3v) is 10.4. The third kappa shape index (κ3) is 5.49. The van der Waals surface area contributed by atoms with E-state index >= 15 is 0 Å². The lowest BCUT2D eigenvalue weighted by atomic mass is 9.84. The van der Waals surface area contributed by atoms with Crippen LogP contribution in [0.25, 0.3) is 44.0 Å². The highest BCUT2D eigenvalue weighted by Gasteiger charge is 2.21. The van der Waals surface area contributed by atoms with Crippen molar-refractivity contribution in [1.82, 2.24) is 9.13 Å². The number of rotatable bonds is 7. The lowest BCUT2D eigenvalue weighted by Crippen LogP contribution is -2.10. The Morgan fingerprint density at radius 2 is 1.41 bits per heavy atom. The number of para-hydroxylation sites is 2. The number of aryl methyl sites for hydroxylation is 1. The summed E-state index contributed by atoms with van der Waals surface area (Å²) < 4.78 is 4.66. The van der Waals surface area contributed by atoms with Crippen molar-refractivity contribution in [3.05, 3.63) is 166 Å². The number of allylic oxidation sites excluding steroid dienone is 4. The first-order valence-corrected chi connectivity index (χ1v) is 17.5. The van der Waals surface area contributed by atoms with Gasteiger partial charge in [-0.25, -0.2) is 0 Å². The maximum Gasteiger partial charge on any atom is 0.0992 e. The highest BCUT2D eigenvalue weighted by molar-refractivity contribution is 6.09. The molecule has 0 bridgehead atoms. The van der Waals surface area contributed by atoms with Gasteiger partial charge in [0.1, 0.15) is 0 Å². The Morgan fingerprint density at radius 1 is 0.706 bits per heavy atom. The van der Waals surface area contributed by atoms with E-state index in [0.717, 1.165) is 70.0 Å². The van der Waals surface area contributed by atoms with Gasteiger partial charge in [0.25, 0.3) is 0 Å². The van der Waals surface area contributed by atoms with Crippen LogP contribution in [0.3, 0.4) is 0 Å². The minimum Gasteiger partial charge on any atom is -0.340 e. The average Bonchev–Trinajstić information content (AvgIpc) is 3.65. The van der Waals surface area contributed by atoms with Crippen LogP contribution in [0.5, 0.6) is 0 Å². The van der Waals surface area contributed by atoms with Gasteiger partial charge in [-0.2, -0.15) is 15.8 Å². The van der Waals surface area contributed by atoms with Gasteiger partial charge in [-0.05, 0) is 108 Å².